The minimum Gasteiger partial charge on any atom is -0.342 e. The summed E-state index contributed by atoms with van der Waals surface area (Å²) in [5, 5.41) is 13.0. The normalized spacial score (nSPS) is 16.2. The van der Waals surface area contributed by atoms with Gasteiger partial charge in [-0.1, -0.05) is 17.8 Å². The van der Waals surface area contributed by atoms with Gasteiger partial charge in [-0.2, -0.15) is 11.8 Å². The Balaban J connectivity index is 1.66. The molecule has 22 heavy (non-hydrogen) atoms. The number of carbonyl (C=O) groups excluding carboxylic acids is 1. The summed E-state index contributed by atoms with van der Waals surface area (Å²) in [4.78, 5) is 12.6. The molecule has 7 heteroatoms. The van der Waals surface area contributed by atoms with Crippen molar-refractivity contribution >= 4 is 34.1 Å². The maximum absolute atomic E-state index is 12.6. The van der Waals surface area contributed by atoms with Gasteiger partial charge in [-0.3, -0.25) is 10.1 Å². The van der Waals surface area contributed by atoms with Gasteiger partial charge >= 0.3 is 0 Å². The van der Waals surface area contributed by atoms with Crippen molar-refractivity contribution in [2.45, 2.75) is 37.6 Å². The van der Waals surface area contributed by atoms with E-state index >= 15 is 0 Å². The molecule has 2 aromatic rings. The van der Waals surface area contributed by atoms with E-state index in [-0.39, 0.29) is 11.9 Å². The molecule has 0 unspecified atom stereocenters. The standard InChI is InChI=1S/C15H20N4OS2/c1-21-10-7-12(19-8-2-3-9-19)13(20)16-15-18-17-14(22-15)11-5-4-6-11/h2-3,8-9,11-12H,4-7,10H2,1H3,(H,16,18,20)/t12-/m1/s1. The summed E-state index contributed by atoms with van der Waals surface area (Å²) in [5.41, 5.74) is 0. The molecule has 5 nitrogen and oxygen atoms in total. The van der Waals surface area contributed by atoms with E-state index in [1.165, 1.54) is 30.6 Å². The zero-order valence-electron chi connectivity index (χ0n) is 12.6. The third-order valence-corrected chi connectivity index (χ3v) is 5.66. The van der Waals surface area contributed by atoms with Crippen LogP contribution in [0.1, 0.15) is 42.7 Å². The van der Waals surface area contributed by atoms with E-state index < -0.39 is 0 Å². The van der Waals surface area contributed by atoms with E-state index in [1.54, 1.807) is 11.8 Å². The van der Waals surface area contributed by atoms with Crippen LogP contribution in [-0.2, 0) is 4.79 Å². The Morgan fingerprint density at radius 2 is 2.23 bits per heavy atom. The number of nitrogens with zero attached hydrogens (tertiary/aromatic N) is 3. The van der Waals surface area contributed by atoms with Crippen LogP contribution in [0.25, 0.3) is 0 Å². The van der Waals surface area contributed by atoms with Crippen LogP contribution in [0.15, 0.2) is 24.5 Å². The Hall–Kier alpha value is -1.34. The van der Waals surface area contributed by atoms with Crippen LogP contribution in [0.3, 0.4) is 0 Å². The number of carbonyl (C=O) groups is 1. The first kappa shape index (κ1) is 15.6. The summed E-state index contributed by atoms with van der Waals surface area (Å²) in [6.07, 6.45) is 10.4. The largest absolute Gasteiger partial charge is 0.342 e. The molecule has 2 aromatic heterocycles. The van der Waals surface area contributed by atoms with E-state index in [0.717, 1.165) is 17.2 Å². The highest BCUT2D eigenvalue weighted by atomic mass is 32.2. The highest BCUT2D eigenvalue weighted by molar-refractivity contribution is 7.98. The molecule has 1 atom stereocenters. The number of hydrogen-bond acceptors (Lipinski definition) is 5. The monoisotopic (exact) mass is 336 g/mol. The lowest BCUT2D eigenvalue weighted by atomic mass is 9.86. The van der Waals surface area contributed by atoms with Crippen molar-refractivity contribution in [3.63, 3.8) is 0 Å². The van der Waals surface area contributed by atoms with Gasteiger partial charge < -0.3 is 4.57 Å². The van der Waals surface area contributed by atoms with E-state index in [1.807, 2.05) is 29.1 Å². The Morgan fingerprint density at radius 3 is 2.86 bits per heavy atom. The van der Waals surface area contributed by atoms with Crippen molar-refractivity contribution in [2.75, 3.05) is 17.3 Å². The molecule has 0 bridgehead atoms. The van der Waals surface area contributed by atoms with Crippen LogP contribution >= 0.6 is 23.1 Å². The highest BCUT2D eigenvalue weighted by Crippen LogP contribution is 2.38. The van der Waals surface area contributed by atoms with Crippen LogP contribution < -0.4 is 5.32 Å². The van der Waals surface area contributed by atoms with Crippen LogP contribution in [0.2, 0.25) is 0 Å². The number of amides is 1. The van der Waals surface area contributed by atoms with Gasteiger partial charge in [0.25, 0.3) is 0 Å². The molecule has 2 heterocycles. The van der Waals surface area contributed by atoms with Crippen LogP contribution in [-0.4, -0.2) is 32.7 Å². The average Bonchev–Trinajstić information content (AvgIpc) is 3.10. The topological polar surface area (TPSA) is 59.8 Å². The van der Waals surface area contributed by atoms with E-state index in [9.17, 15) is 4.79 Å². The number of anilines is 1. The van der Waals surface area contributed by atoms with Crippen molar-refractivity contribution in [1.29, 1.82) is 0 Å². The molecule has 1 aliphatic rings. The Labute approximate surface area is 138 Å². The molecule has 1 saturated carbocycles. The molecular formula is C15H20N4OS2. The van der Waals surface area contributed by atoms with Crippen molar-refractivity contribution in [3.05, 3.63) is 29.5 Å². The summed E-state index contributed by atoms with van der Waals surface area (Å²) in [6, 6.07) is 3.69. The molecule has 1 N–H and O–H groups in total. The first-order valence-corrected chi connectivity index (χ1v) is 9.74. The van der Waals surface area contributed by atoms with Gasteiger partial charge in [-0.15, -0.1) is 10.2 Å². The molecule has 0 saturated heterocycles. The van der Waals surface area contributed by atoms with E-state index in [0.29, 0.717) is 11.0 Å². The first-order chi connectivity index (χ1) is 10.8. The Bertz CT molecular complexity index is 607. The predicted octanol–water partition coefficient (Wildman–Crippen LogP) is 3.54. The Kier molecular flexibility index (Phi) is 5.15. The average molecular weight is 336 g/mol. The molecule has 0 radical (unpaired) electrons. The fraction of sp³-hybridized carbons (Fsp3) is 0.533. The van der Waals surface area contributed by atoms with Crippen LogP contribution in [0.5, 0.6) is 0 Å². The van der Waals surface area contributed by atoms with Gasteiger partial charge in [0.05, 0.1) is 0 Å². The summed E-state index contributed by atoms with van der Waals surface area (Å²) in [7, 11) is 0. The maximum atomic E-state index is 12.6. The molecule has 0 spiro atoms. The van der Waals surface area contributed by atoms with Crippen molar-refractivity contribution in [2.24, 2.45) is 0 Å². The van der Waals surface area contributed by atoms with E-state index in [2.05, 4.69) is 21.8 Å². The second-order valence-electron chi connectivity index (χ2n) is 5.49. The number of thioether (sulfide) groups is 1. The van der Waals surface area contributed by atoms with Gasteiger partial charge in [-0.05, 0) is 43.4 Å². The smallest absolute Gasteiger partial charge is 0.249 e. The van der Waals surface area contributed by atoms with Gasteiger partial charge in [0.2, 0.25) is 11.0 Å². The SMILES string of the molecule is CSCC[C@H](C(=O)Nc1nnc(C2CCC2)s1)n1cccc1. The van der Waals surface area contributed by atoms with Crippen molar-refractivity contribution < 1.29 is 4.79 Å². The lowest BCUT2D eigenvalue weighted by Crippen LogP contribution is -2.25. The minimum atomic E-state index is -0.196. The van der Waals surface area contributed by atoms with Crippen LogP contribution in [0.4, 0.5) is 5.13 Å². The minimum absolute atomic E-state index is 0.0124. The van der Waals surface area contributed by atoms with Gasteiger partial charge in [-0.25, -0.2) is 0 Å². The third-order valence-electron chi connectivity index (χ3n) is 4.01. The zero-order chi connectivity index (χ0) is 15.4. The summed E-state index contributed by atoms with van der Waals surface area (Å²) < 4.78 is 1.96. The first-order valence-electron chi connectivity index (χ1n) is 7.53. The van der Waals surface area contributed by atoms with Gasteiger partial charge in [0.15, 0.2) is 0 Å². The quantitative estimate of drug-likeness (QED) is 0.840. The molecule has 1 amide bonds. The third kappa shape index (κ3) is 3.52. The van der Waals surface area contributed by atoms with Crippen molar-refractivity contribution in [3.8, 4) is 0 Å². The Morgan fingerprint density at radius 1 is 1.45 bits per heavy atom. The van der Waals surface area contributed by atoms with Crippen molar-refractivity contribution in [1.82, 2.24) is 14.8 Å². The lowest BCUT2D eigenvalue weighted by Gasteiger charge is -2.21. The lowest BCUT2D eigenvalue weighted by molar-refractivity contribution is -0.119. The molecular weight excluding hydrogens is 316 g/mol. The molecule has 3 rings (SSSR count). The van der Waals surface area contributed by atoms with Gasteiger partial charge in [0.1, 0.15) is 11.0 Å². The maximum Gasteiger partial charge on any atom is 0.249 e. The fourth-order valence-corrected chi connectivity index (χ4v) is 3.87. The molecule has 0 aliphatic heterocycles. The van der Waals surface area contributed by atoms with Gasteiger partial charge in [0, 0.05) is 18.3 Å². The molecule has 118 valence electrons. The van der Waals surface area contributed by atoms with Crippen LogP contribution in [0, 0.1) is 0 Å². The highest BCUT2D eigenvalue weighted by Gasteiger charge is 2.25. The number of aromatic nitrogens is 3. The zero-order valence-corrected chi connectivity index (χ0v) is 14.2. The summed E-state index contributed by atoms with van der Waals surface area (Å²) in [5.74, 6) is 1.49. The molecule has 1 fully saturated rings. The number of hydrogen-bond donors (Lipinski definition) is 1. The van der Waals surface area contributed by atoms with E-state index in [4.69, 9.17) is 0 Å². The second kappa shape index (κ2) is 7.28. The summed E-state index contributed by atoms with van der Waals surface area (Å²) in [6.45, 7) is 0. The number of nitrogens with one attached hydrogen (secondary N) is 1. The predicted molar refractivity (Wildman–Crippen MR) is 91.6 cm³/mol. The number of rotatable bonds is 7. The fourth-order valence-electron chi connectivity index (χ4n) is 2.49. The molecule has 1 aliphatic carbocycles. The summed E-state index contributed by atoms with van der Waals surface area (Å²) >= 11 is 3.27. The molecule has 0 aromatic carbocycles. The second-order valence-corrected chi connectivity index (χ2v) is 7.48.